The summed E-state index contributed by atoms with van der Waals surface area (Å²) in [7, 11) is -3.70. The van der Waals surface area contributed by atoms with E-state index in [4.69, 9.17) is 4.18 Å². The lowest BCUT2D eigenvalue weighted by Gasteiger charge is -2.05. The Morgan fingerprint density at radius 1 is 1.16 bits per heavy atom. The molecular weight excluding hydrogens is 260 g/mol. The van der Waals surface area contributed by atoms with Gasteiger partial charge in [0.2, 0.25) is 0 Å². The second kappa shape index (κ2) is 5.85. The van der Waals surface area contributed by atoms with Gasteiger partial charge in [-0.3, -0.25) is 4.18 Å². The zero-order valence-electron chi connectivity index (χ0n) is 10.4. The first-order chi connectivity index (χ1) is 9.13. The Morgan fingerprint density at radius 3 is 2.63 bits per heavy atom. The second-order valence-corrected chi connectivity index (χ2v) is 5.60. The molecule has 3 nitrogen and oxygen atoms in total. The second-order valence-electron chi connectivity index (χ2n) is 3.98. The molecule has 0 fully saturated rings. The van der Waals surface area contributed by atoms with E-state index in [1.165, 1.54) is 0 Å². The molecule has 0 atom stereocenters. The Balaban J connectivity index is 2.24. The summed E-state index contributed by atoms with van der Waals surface area (Å²) < 4.78 is 28.9. The summed E-state index contributed by atoms with van der Waals surface area (Å²) in [6, 6.07) is 12.5. The maximum atomic E-state index is 12.0. The van der Waals surface area contributed by atoms with Gasteiger partial charge < -0.3 is 0 Å². The minimum Gasteiger partial charge on any atom is -0.266 e. The van der Waals surface area contributed by atoms with Gasteiger partial charge in [-0.05, 0) is 35.4 Å². The maximum Gasteiger partial charge on any atom is 0.297 e. The Morgan fingerprint density at radius 2 is 1.89 bits per heavy atom. The number of hydrogen-bond donors (Lipinski definition) is 0. The van der Waals surface area contributed by atoms with Gasteiger partial charge in [-0.2, -0.15) is 8.42 Å². The molecule has 0 saturated carbocycles. The molecule has 2 aromatic rings. The zero-order valence-corrected chi connectivity index (χ0v) is 11.2. The fourth-order valence-electron chi connectivity index (χ4n) is 1.71. The average molecular weight is 274 g/mol. The minimum absolute atomic E-state index is 0.0949. The van der Waals surface area contributed by atoms with Gasteiger partial charge in [0.25, 0.3) is 10.1 Å². The quantitative estimate of drug-likeness (QED) is 0.477. The highest BCUT2D eigenvalue weighted by Gasteiger charge is 2.14. The number of rotatable bonds is 5. The molecule has 0 saturated heterocycles. The van der Waals surface area contributed by atoms with Crippen LogP contribution < -0.4 is 0 Å². The predicted molar refractivity (Wildman–Crippen MR) is 75.4 cm³/mol. The third-order valence-electron chi connectivity index (χ3n) is 2.65. The number of hydrogen-bond acceptors (Lipinski definition) is 3. The SMILES string of the molecule is C=C=CCCOS(=O)(=O)c1ccc2ccccc2c1. The molecule has 0 aliphatic carbocycles. The van der Waals surface area contributed by atoms with Gasteiger partial charge in [0, 0.05) is 0 Å². The van der Waals surface area contributed by atoms with Gasteiger partial charge in [0.15, 0.2) is 0 Å². The van der Waals surface area contributed by atoms with Crippen LogP contribution in [-0.4, -0.2) is 15.0 Å². The summed E-state index contributed by atoms with van der Waals surface area (Å²) in [4.78, 5) is 0.175. The molecule has 0 aliphatic heterocycles. The largest absolute Gasteiger partial charge is 0.297 e. The molecule has 98 valence electrons. The van der Waals surface area contributed by atoms with Gasteiger partial charge in [0.1, 0.15) is 0 Å². The van der Waals surface area contributed by atoms with E-state index in [1.807, 2.05) is 24.3 Å². The molecule has 0 heterocycles. The maximum absolute atomic E-state index is 12.0. The van der Waals surface area contributed by atoms with Crippen LogP contribution in [0.15, 0.2) is 65.7 Å². The van der Waals surface area contributed by atoms with Crippen LogP contribution >= 0.6 is 0 Å². The number of benzene rings is 2. The van der Waals surface area contributed by atoms with E-state index in [0.717, 1.165) is 10.8 Å². The van der Waals surface area contributed by atoms with E-state index >= 15 is 0 Å². The lowest BCUT2D eigenvalue weighted by molar-refractivity contribution is 0.325. The summed E-state index contributed by atoms with van der Waals surface area (Å²) in [6.07, 6.45) is 2.10. The van der Waals surface area contributed by atoms with Crippen LogP contribution in [0.2, 0.25) is 0 Å². The Labute approximate surface area is 113 Å². The van der Waals surface area contributed by atoms with Crippen molar-refractivity contribution >= 4 is 20.9 Å². The topological polar surface area (TPSA) is 43.4 Å². The lowest BCUT2D eigenvalue weighted by atomic mass is 10.1. The molecule has 0 radical (unpaired) electrons. The monoisotopic (exact) mass is 274 g/mol. The smallest absolute Gasteiger partial charge is 0.266 e. The summed E-state index contributed by atoms with van der Waals surface area (Å²) in [5.74, 6) is 0. The third-order valence-corrected chi connectivity index (χ3v) is 3.96. The molecule has 0 N–H and O–H groups in total. The van der Waals surface area contributed by atoms with Gasteiger partial charge in [-0.1, -0.05) is 36.9 Å². The summed E-state index contributed by atoms with van der Waals surface area (Å²) in [5.41, 5.74) is 2.57. The molecule has 19 heavy (non-hydrogen) atoms. The van der Waals surface area contributed by atoms with Crippen molar-refractivity contribution in [3.63, 3.8) is 0 Å². The Bertz CT molecular complexity index is 726. The van der Waals surface area contributed by atoms with Crippen molar-refractivity contribution in [3.05, 3.63) is 60.9 Å². The Hall–Kier alpha value is -1.87. The molecule has 0 aromatic heterocycles. The molecule has 4 heteroatoms. The first-order valence-corrected chi connectivity index (χ1v) is 7.27. The molecule has 2 aromatic carbocycles. The first kappa shape index (κ1) is 13.6. The normalized spacial score (nSPS) is 11.2. The standard InChI is InChI=1S/C15H14O3S/c1-2-3-6-11-18-19(16,17)15-10-9-13-7-4-5-8-14(13)12-15/h3-5,7-10,12H,1,6,11H2. The van der Waals surface area contributed by atoms with Gasteiger partial charge in [-0.15, -0.1) is 5.73 Å². The van der Waals surface area contributed by atoms with E-state index in [1.54, 1.807) is 24.3 Å². The van der Waals surface area contributed by atoms with Crippen LogP contribution in [-0.2, 0) is 14.3 Å². The molecule has 0 unspecified atom stereocenters. The highest BCUT2D eigenvalue weighted by molar-refractivity contribution is 7.86. The van der Waals surface area contributed by atoms with Crippen molar-refractivity contribution in [2.45, 2.75) is 11.3 Å². The van der Waals surface area contributed by atoms with Crippen LogP contribution in [0.25, 0.3) is 10.8 Å². The van der Waals surface area contributed by atoms with Crippen molar-refractivity contribution in [2.24, 2.45) is 0 Å². The van der Waals surface area contributed by atoms with E-state index in [-0.39, 0.29) is 11.5 Å². The van der Waals surface area contributed by atoms with Crippen LogP contribution in [0, 0.1) is 0 Å². The van der Waals surface area contributed by atoms with Crippen molar-refractivity contribution in [2.75, 3.05) is 6.61 Å². The molecule has 0 aliphatic rings. The third kappa shape index (κ3) is 3.32. The summed E-state index contributed by atoms with van der Waals surface area (Å²) >= 11 is 0. The Kier molecular flexibility index (Phi) is 4.17. The van der Waals surface area contributed by atoms with Crippen molar-refractivity contribution < 1.29 is 12.6 Å². The lowest BCUT2D eigenvalue weighted by Crippen LogP contribution is -2.07. The van der Waals surface area contributed by atoms with Gasteiger partial charge in [-0.25, -0.2) is 0 Å². The van der Waals surface area contributed by atoms with Crippen LogP contribution in [0.5, 0.6) is 0 Å². The molecule has 0 bridgehead atoms. The van der Waals surface area contributed by atoms with Crippen molar-refractivity contribution in [3.8, 4) is 0 Å². The van der Waals surface area contributed by atoms with Gasteiger partial charge >= 0.3 is 0 Å². The van der Waals surface area contributed by atoms with Gasteiger partial charge in [0.05, 0.1) is 11.5 Å². The van der Waals surface area contributed by atoms with Crippen molar-refractivity contribution in [1.82, 2.24) is 0 Å². The van der Waals surface area contributed by atoms with E-state index in [0.29, 0.717) is 6.42 Å². The van der Waals surface area contributed by atoms with E-state index in [9.17, 15) is 8.42 Å². The van der Waals surface area contributed by atoms with E-state index < -0.39 is 10.1 Å². The fraction of sp³-hybridized carbons (Fsp3) is 0.133. The average Bonchev–Trinajstić information content (AvgIpc) is 2.43. The molecule has 2 rings (SSSR count). The van der Waals surface area contributed by atoms with Crippen LogP contribution in [0.1, 0.15) is 6.42 Å². The zero-order chi connectivity index (χ0) is 13.7. The predicted octanol–water partition coefficient (Wildman–Crippen LogP) is 3.28. The minimum atomic E-state index is -3.70. The molecular formula is C15H14O3S. The van der Waals surface area contributed by atoms with E-state index in [2.05, 4.69) is 12.3 Å². The van der Waals surface area contributed by atoms with Crippen LogP contribution in [0.3, 0.4) is 0 Å². The highest BCUT2D eigenvalue weighted by atomic mass is 32.2. The van der Waals surface area contributed by atoms with Crippen molar-refractivity contribution in [1.29, 1.82) is 0 Å². The molecule has 0 amide bonds. The summed E-state index contributed by atoms with van der Waals surface area (Å²) in [6.45, 7) is 3.50. The fourth-order valence-corrected chi connectivity index (χ4v) is 2.67. The molecule has 0 spiro atoms. The number of fused-ring (bicyclic) bond motifs is 1. The van der Waals surface area contributed by atoms with Crippen LogP contribution in [0.4, 0.5) is 0 Å². The summed E-state index contributed by atoms with van der Waals surface area (Å²) in [5, 5.41) is 1.87. The first-order valence-electron chi connectivity index (χ1n) is 5.86. The highest BCUT2D eigenvalue weighted by Crippen LogP contribution is 2.20.